The number of rotatable bonds is 4. The van der Waals surface area contributed by atoms with Crippen LogP contribution in [0.2, 0.25) is 0 Å². The number of para-hydroxylation sites is 1. The van der Waals surface area contributed by atoms with Gasteiger partial charge in [-0.15, -0.1) is 11.8 Å². The van der Waals surface area contributed by atoms with Gasteiger partial charge in [-0.1, -0.05) is 18.2 Å². The van der Waals surface area contributed by atoms with Gasteiger partial charge in [-0.3, -0.25) is 0 Å². The third-order valence-electron chi connectivity index (χ3n) is 2.69. The van der Waals surface area contributed by atoms with Gasteiger partial charge in [0.15, 0.2) is 0 Å². The lowest BCUT2D eigenvalue weighted by Gasteiger charge is -2.08. The molecule has 1 N–H and O–H groups in total. The molecule has 2 aromatic rings. The van der Waals surface area contributed by atoms with Gasteiger partial charge in [-0.2, -0.15) is 15.0 Å². The van der Waals surface area contributed by atoms with Crippen molar-refractivity contribution in [3.63, 3.8) is 0 Å². The fourth-order valence-electron chi connectivity index (χ4n) is 1.68. The van der Waals surface area contributed by atoms with Crippen LogP contribution in [0.25, 0.3) is 5.69 Å². The molecule has 0 saturated carbocycles. The summed E-state index contributed by atoms with van der Waals surface area (Å²) in [5.41, 5.74) is 1.87. The van der Waals surface area contributed by atoms with Crippen LogP contribution >= 0.6 is 0 Å². The maximum Gasteiger partial charge on any atom is 0.101 e. The molecule has 92 valence electrons. The molecule has 0 radical (unpaired) electrons. The van der Waals surface area contributed by atoms with Crippen molar-refractivity contribution < 1.29 is 0 Å². The van der Waals surface area contributed by atoms with E-state index >= 15 is 0 Å². The van der Waals surface area contributed by atoms with E-state index in [4.69, 9.17) is 0 Å². The lowest BCUT2D eigenvalue weighted by atomic mass is 10.1. The summed E-state index contributed by atoms with van der Waals surface area (Å²) < 4.78 is 0. The van der Waals surface area contributed by atoms with Crippen LogP contribution in [0.15, 0.2) is 36.5 Å². The van der Waals surface area contributed by atoms with Gasteiger partial charge < -0.3 is 5.32 Å². The van der Waals surface area contributed by atoms with Crippen LogP contribution in [-0.2, 0) is 0 Å². The first-order chi connectivity index (χ1) is 8.85. The highest BCUT2D eigenvalue weighted by Crippen LogP contribution is 2.13. The molecule has 18 heavy (non-hydrogen) atoms. The minimum Gasteiger partial charge on any atom is -0.311 e. The summed E-state index contributed by atoms with van der Waals surface area (Å²) in [5, 5.41) is 12.0. The van der Waals surface area contributed by atoms with E-state index < -0.39 is 0 Å². The zero-order valence-electron chi connectivity index (χ0n) is 10.6. The molecule has 1 unspecified atom stereocenters. The fourth-order valence-corrected chi connectivity index (χ4v) is 1.68. The van der Waals surface area contributed by atoms with Gasteiger partial charge in [-0.05, 0) is 26.1 Å². The molecule has 0 bridgehead atoms. The number of hydrogen-bond acceptors (Lipinski definition) is 3. The second kappa shape index (κ2) is 5.99. The predicted molar refractivity (Wildman–Crippen MR) is 71.2 cm³/mol. The summed E-state index contributed by atoms with van der Waals surface area (Å²) in [6.07, 6.45) is 2.52. The van der Waals surface area contributed by atoms with E-state index in [-0.39, 0.29) is 6.04 Å². The highest BCUT2D eigenvalue weighted by Gasteiger charge is 2.12. The molecule has 1 aromatic heterocycles. The van der Waals surface area contributed by atoms with Crippen LogP contribution in [0.1, 0.15) is 25.1 Å². The number of nitrogens with zero attached hydrogens (tertiary/aromatic N) is 3. The maximum absolute atomic E-state index is 4.48. The van der Waals surface area contributed by atoms with E-state index in [1.807, 2.05) is 44.3 Å². The molecule has 4 nitrogen and oxygen atoms in total. The molecule has 2 rings (SSSR count). The molecule has 0 aliphatic rings. The van der Waals surface area contributed by atoms with E-state index in [0.717, 1.165) is 17.8 Å². The highest BCUT2D eigenvalue weighted by atomic mass is 15.5. The Morgan fingerprint density at radius 3 is 2.78 bits per heavy atom. The first-order valence-electron chi connectivity index (χ1n) is 5.89. The first kappa shape index (κ1) is 12.3. The van der Waals surface area contributed by atoms with Crippen LogP contribution < -0.4 is 5.32 Å². The average molecular weight is 240 g/mol. The largest absolute Gasteiger partial charge is 0.311 e. The lowest BCUT2D eigenvalue weighted by Crippen LogP contribution is -2.16. The van der Waals surface area contributed by atoms with Crippen LogP contribution in [-0.4, -0.2) is 22.0 Å². The lowest BCUT2D eigenvalue weighted by molar-refractivity contribution is 0.584. The zero-order valence-corrected chi connectivity index (χ0v) is 10.6. The van der Waals surface area contributed by atoms with E-state index in [1.165, 1.54) is 0 Å². The fraction of sp³-hybridized carbons (Fsp3) is 0.286. The molecule has 1 aromatic carbocycles. The number of nitrogens with one attached hydrogen (secondary N) is 1. The summed E-state index contributed by atoms with van der Waals surface area (Å²) in [4.78, 5) is 1.64. The second-order valence-electron chi connectivity index (χ2n) is 3.87. The predicted octanol–water partition coefficient (Wildman–Crippen LogP) is 1.94. The van der Waals surface area contributed by atoms with E-state index in [9.17, 15) is 0 Å². The smallest absolute Gasteiger partial charge is 0.101 e. The Hall–Kier alpha value is -2.12. The van der Waals surface area contributed by atoms with E-state index in [2.05, 4.69) is 27.4 Å². The quantitative estimate of drug-likeness (QED) is 0.830. The molecule has 0 aliphatic heterocycles. The molecule has 0 spiro atoms. The van der Waals surface area contributed by atoms with Crippen LogP contribution in [0.3, 0.4) is 0 Å². The molecular formula is C14H16N4. The topological polar surface area (TPSA) is 42.7 Å². The van der Waals surface area contributed by atoms with Gasteiger partial charge in [0.25, 0.3) is 0 Å². The Kier molecular flexibility index (Phi) is 4.11. The van der Waals surface area contributed by atoms with Crippen molar-refractivity contribution in [3.05, 3.63) is 42.2 Å². The van der Waals surface area contributed by atoms with Gasteiger partial charge in [0.05, 0.1) is 17.9 Å². The molecule has 4 heteroatoms. The summed E-state index contributed by atoms with van der Waals surface area (Å²) in [7, 11) is 1.91. The zero-order chi connectivity index (χ0) is 12.8. The van der Waals surface area contributed by atoms with Crippen LogP contribution in [0, 0.1) is 11.8 Å². The van der Waals surface area contributed by atoms with Crippen molar-refractivity contribution in [2.75, 3.05) is 7.05 Å². The number of aromatic nitrogens is 3. The molecule has 1 heterocycles. The average Bonchev–Trinajstić information content (AvgIpc) is 2.90. The third-order valence-corrected chi connectivity index (χ3v) is 2.69. The third kappa shape index (κ3) is 2.76. The van der Waals surface area contributed by atoms with Gasteiger partial charge in [0.1, 0.15) is 5.69 Å². The Labute approximate surface area is 107 Å². The van der Waals surface area contributed by atoms with Gasteiger partial charge >= 0.3 is 0 Å². The van der Waals surface area contributed by atoms with E-state index in [0.29, 0.717) is 0 Å². The summed E-state index contributed by atoms with van der Waals surface area (Å²) in [6, 6.07) is 9.98. The van der Waals surface area contributed by atoms with Crippen LogP contribution in [0.5, 0.6) is 0 Å². The van der Waals surface area contributed by atoms with Gasteiger partial charge in [0, 0.05) is 6.42 Å². The Morgan fingerprint density at radius 2 is 2.11 bits per heavy atom. The molecule has 1 atom stereocenters. The molecule has 0 fully saturated rings. The SMILES string of the molecule is CC#CCC(NC)c1cnn(-c2ccccc2)n1. The van der Waals surface area contributed by atoms with Gasteiger partial charge in [0.2, 0.25) is 0 Å². The van der Waals surface area contributed by atoms with Gasteiger partial charge in [-0.25, -0.2) is 0 Å². The van der Waals surface area contributed by atoms with Crippen molar-refractivity contribution in [2.24, 2.45) is 0 Å². The minimum atomic E-state index is 0.120. The van der Waals surface area contributed by atoms with Crippen LogP contribution in [0.4, 0.5) is 0 Å². The monoisotopic (exact) mass is 240 g/mol. The Bertz CT molecular complexity index is 548. The van der Waals surface area contributed by atoms with E-state index in [1.54, 1.807) is 11.0 Å². The highest BCUT2D eigenvalue weighted by molar-refractivity contribution is 5.28. The second-order valence-corrected chi connectivity index (χ2v) is 3.87. The summed E-state index contributed by atoms with van der Waals surface area (Å²) >= 11 is 0. The Morgan fingerprint density at radius 1 is 1.33 bits per heavy atom. The minimum absolute atomic E-state index is 0.120. The molecular weight excluding hydrogens is 224 g/mol. The molecule has 0 saturated heterocycles. The van der Waals surface area contributed by atoms with Crippen molar-refractivity contribution in [1.82, 2.24) is 20.3 Å². The first-order valence-corrected chi connectivity index (χ1v) is 5.89. The normalized spacial score (nSPS) is 11.7. The van der Waals surface area contributed by atoms with Crippen molar-refractivity contribution in [1.29, 1.82) is 0 Å². The number of benzene rings is 1. The Balaban J connectivity index is 2.21. The standard InChI is InChI=1S/C14H16N4/c1-3-4-10-13(15-2)14-11-16-18(17-14)12-8-6-5-7-9-12/h5-9,11,13,15H,10H2,1-2H3. The molecule has 0 aliphatic carbocycles. The maximum atomic E-state index is 4.48. The van der Waals surface area contributed by atoms with Crippen molar-refractivity contribution in [2.45, 2.75) is 19.4 Å². The number of hydrogen-bond donors (Lipinski definition) is 1. The van der Waals surface area contributed by atoms with Crippen molar-refractivity contribution in [3.8, 4) is 17.5 Å². The molecule has 0 amide bonds. The summed E-state index contributed by atoms with van der Waals surface area (Å²) in [6.45, 7) is 1.84. The van der Waals surface area contributed by atoms with Crippen molar-refractivity contribution >= 4 is 0 Å². The summed E-state index contributed by atoms with van der Waals surface area (Å²) in [5.74, 6) is 5.95.